The summed E-state index contributed by atoms with van der Waals surface area (Å²) < 4.78 is 0. The molecular weight excluding hydrogens is 154 g/mol. The average Bonchev–Trinajstić information content (AvgIpc) is 2.00. The second-order valence-electron chi connectivity index (χ2n) is 3.03. The maximum atomic E-state index is 10.5. The SMILES string of the molecule is CC=CCN(C)CC(C)C(=O)O. The quantitative estimate of drug-likeness (QED) is 0.632. The number of likely N-dealkylation sites (N-methyl/N-ethyl adjacent to an activating group) is 1. The van der Waals surface area contributed by atoms with Crippen molar-refractivity contribution in [3.63, 3.8) is 0 Å². The van der Waals surface area contributed by atoms with Crippen LogP contribution in [0.4, 0.5) is 0 Å². The minimum atomic E-state index is -0.734. The Labute approximate surface area is 73.7 Å². The standard InChI is InChI=1S/C9H17NO2/c1-4-5-6-10(3)7-8(2)9(11)12/h4-5,8H,6-7H2,1-3H3,(H,11,12). The van der Waals surface area contributed by atoms with Crippen LogP contribution in [0.1, 0.15) is 13.8 Å². The van der Waals surface area contributed by atoms with Crippen molar-refractivity contribution in [2.45, 2.75) is 13.8 Å². The summed E-state index contributed by atoms with van der Waals surface area (Å²) in [5.74, 6) is -1.03. The zero-order chi connectivity index (χ0) is 9.56. The Bertz CT molecular complexity index is 166. The number of nitrogens with zero attached hydrogens (tertiary/aromatic N) is 1. The summed E-state index contributed by atoms with van der Waals surface area (Å²) in [7, 11) is 1.92. The van der Waals surface area contributed by atoms with Crippen molar-refractivity contribution in [3.05, 3.63) is 12.2 Å². The normalized spacial score (nSPS) is 14.0. The fourth-order valence-corrected chi connectivity index (χ4v) is 0.905. The molecule has 0 aromatic carbocycles. The second-order valence-corrected chi connectivity index (χ2v) is 3.03. The number of carboxylic acids is 1. The molecule has 12 heavy (non-hydrogen) atoms. The van der Waals surface area contributed by atoms with Crippen molar-refractivity contribution in [2.75, 3.05) is 20.1 Å². The summed E-state index contributed by atoms with van der Waals surface area (Å²) in [6, 6.07) is 0. The Hall–Kier alpha value is -0.830. The molecule has 0 aliphatic heterocycles. The number of rotatable bonds is 5. The predicted octanol–water partition coefficient (Wildman–Crippen LogP) is 1.21. The van der Waals surface area contributed by atoms with E-state index < -0.39 is 5.97 Å². The molecule has 0 spiro atoms. The monoisotopic (exact) mass is 171 g/mol. The maximum Gasteiger partial charge on any atom is 0.307 e. The maximum absolute atomic E-state index is 10.5. The lowest BCUT2D eigenvalue weighted by molar-refractivity contribution is -0.141. The van der Waals surface area contributed by atoms with Gasteiger partial charge in [0, 0.05) is 13.1 Å². The Kier molecular flexibility index (Phi) is 5.37. The van der Waals surface area contributed by atoms with E-state index in [-0.39, 0.29) is 5.92 Å². The van der Waals surface area contributed by atoms with Crippen LogP contribution in [0.15, 0.2) is 12.2 Å². The second kappa shape index (κ2) is 5.77. The Balaban J connectivity index is 3.68. The van der Waals surface area contributed by atoms with Gasteiger partial charge in [-0.2, -0.15) is 0 Å². The van der Waals surface area contributed by atoms with Gasteiger partial charge >= 0.3 is 5.97 Å². The molecule has 3 heteroatoms. The van der Waals surface area contributed by atoms with E-state index >= 15 is 0 Å². The summed E-state index contributed by atoms with van der Waals surface area (Å²) >= 11 is 0. The average molecular weight is 171 g/mol. The molecule has 1 unspecified atom stereocenters. The highest BCUT2D eigenvalue weighted by Crippen LogP contribution is 1.97. The smallest absolute Gasteiger partial charge is 0.307 e. The zero-order valence-electron chi connectivity index (χ0n) is 7.95. The molecule has 0 heterocycles. The van der Waals surface area contributed by atoms with Gasteiger partial charge in [-0.1, -0.05) is 19.1 Å². The molecular formula is C9H17NO2. The molecule has 0 radical (unpaired) electrons. The first-order valence-corrected chi connectivity index (χ1v) is 4.10. The number of carboxylic acid groups (broad SMARTS) is 1. The molecule has 0 aliphatic carbocycles. The number of hydrogen-bond acceptors (Lipinski definition) is 2. The van der Waals surface area contributed by atoms with Crippen LogP contribution < -0.4 is 0 Å². The minimum Gasteiger partial charge on any atom is -0.481 e. The van der Waals surface area contributed by atoms with Gasteiger partial charge in [-0.15, -0.1) is 0 Å². The molecule has 0 amide bonds. The van der Waals surface area contributed by atoms with Gasteiger partial charge in [-0.05, 0) is 14.0 Å². The molecule has 0 bridgehead atoms. The van der Waals surface area contributed by atoms with E-state index in [0.717, 1.165) is 6.54 Å². The Morgan fingerprint density at radius 2 is 2.25 bits per heavy atom. The van der Waals surface area contributed by atoms with E-state index in [1.807, 2.05) is 31.0 Å². The van der Waals surface area contributed by atoms with Crippen LogP contribution in [0.2, 0.25) is 0 Å². The fourth-order valence-electron chi connectivity index (χ4n) is 0.905. The summed E-state index contributed by atoms with van der Waals surface area (Å²) in [6.45, 7) is 5.08. The highest BCUT2D eigenvalue weighted by Gasteiger charge is 2.12. The molecule has 0 saturated carbocycles. The largest absolute Gasteiger partial charge is 0.481 e. The molecule has 0 saturated heterocycles. The molecule has 1 atom stereocenters. The van der Waals surface area contributed by atoms with Crippen molar-refractivity contribution < 1.29 is 9.90 Å². The first kappa shape index (κ1) is 11.2. The first-order chi connectivity index (χ1) is 5.57. The van der Waals surface area contributed by atoms with Crippen LogP contribution in [0.25, 0.3) is 0 Å². The number of carbonyl (C=O) groups is 1. The lowest BCUT2D eigenvalue weighted by atomic mass is 10.2. The zero-order valence-corrected chi connectivity index (χ0v) is 7.95. The molecule has 3 nitrogen and oxygen atoms in total. The fraction of sp³-hybridized carbons (Fsp3) is 0.667. The van der Waals surface area contributed by atoms with E-state index in [1.165, 1.54) is 0 Å². The molecule has 70 valence electrons. The van der Waals surface area contributed by atoms with Crippen molar-refractivity contribution in [1.29, 1.82) is 0 Å². The van der Waals surface area contributed by atoms with Gasteiger partial charge in [0.15, 0.2) is 0 Å². The van der Waals surface area contributed by atoms with Gasteiger partial charge in [0.1, 0.15) is 0 Å². The van der Waals surface area contributed by atoms with Crippen LogP contribution in [0.3, 0.4) is 0 Å². The van der Waals surface area contributed by atoms with Gasteiger partial charge in [-0.3, -0.25) is 4.79 Å². The van der Waals surface area contributed by atoms with Crippen LogP contribution >= 0.6 is 0 Å². The van der Waals surface area contributed by atoms with Crippen molar-refractivity contribution in [1.82, 2.24) is 4.90 Å². The third kappa shape index (κ3) is 4.91. The van der Waals surface area contributed by atoms with E-state index in [0.29, 0.717) is 6.54 Å². The van der Waals surface area contributed by atoms with Crippen molar-refractivity contribution in [3.8, 4) is 0 Å². The van der Waals surface area contributed by atoms with Crippen LogP contribution in [-0.2, 0) is 4.79 Å². The third-order valence-electron chi connectivity index (χ3n) is 1.66. The molecule has 0 fully saturated rings. The Morgan fingerprint density at radius 1 is 1.67 bits per heavy atom. The highest BCUT2D eigenvalue weighted by molar-refractivity contribution is 5.69. The molecule has 1 N–H and O–H groups in total. The van der Waals surface area contributed by atoms with Gasteiger partial charge in [0.2, 0.25) is 0 Å². The van der Waals surface area contributed by atoms with Crippen molar-refractivity contribution in [2.24, 2.45) is 5.92 Å². The predicted molar refractivity (Wildman–Crippen MR) is 49.1 cm³/mol. The number of aliphatic carboxylic acids is 1. The molecule has 0 aromatic rings. The van der Waals surface area contributed by atoms with Gasteiger partial charge in [-0.25, -0.2) is 0 Å². The number of hydrogen-bond donors (Lipinski definition) is 1. The summed E-state index contributed by atoms with van der Waals surface area (Å²) in [5.41, 5.74) is 0. The van der Waals surface area contributed by atoms with Crippen LogP contribution in [-0.4, -0.2) is 36.1 Å². The lowest BCUT2D eigenvalue weighted by Gasteiger charge is -2.16. The molecule has 0 aromatic heterocycles. The van der Waals surface area contributed by atoms with E-state index in [4.69, 9.17) is 5.11 Å². The van der Waals surface area contributed by atoms with Gasteiger partial charge in [0.05, 0.1) is 5.92 Å². The van der Waals surface area contributed by atoms with E-state index in [9.17, 15) is 4.79 Å². The Morgan fingerprint density at radius 3 is 2.67 bits per heavy atom. The van der Waals surface area contributed by atoms with Gasteiger partial charge in [0.25, 0.3) is 0 Å². The van der Waals surface area contributed by atoms with E-state index in [2.05, 4.69) is 0 Å². The van der Waals surface area contributed by atoms with E-state index in [1.54, 1.807) is 6.92 Å². The number of allylic oxidation sites excluding steroid dienone is 1. The van der Waals surface area contributed by atoms with Gasteiger partial charge < -0.3 is 10.0 Å². The summed E-state index contributed by atoms with van der Waals surface area (Å²) in [4.78, 5) is 12.4. The molecule has 0 aliphatic rings. The first-order valence-electron chi connectivity index (χ1n) is 4.10. The van der Waals surface area contributed by atoms with Crippen LogP contribution in [0.5, 0.6) is 0 Å². The molecule has 0 rings (SSSR count). The minimum absolute atomic E-state index is 0.291. The summed E-state index contributed by atoms with van der Waals surface area (Å²) in [5, 5.41) is 8.61. The highest BCUT2D eigenvalue weighted by atomic mass is 16.4. The third-order valence-corrected chi connectivity index (χ3v) is 1.66. The van der Waals surface area contributed by atoms with Crippen molar-refractivity contribution >= 4 is 5.97 Å². The summed E-state index contributed by atoms with van der Waals surface area (Å²) in [6.07, 6.45) is 3.97. The topological polar surface area (TPSA) is 40.5 Å². The lowest BCUT2D eigenvalue weighted by Crippen LogP contribution is -2.28. The van der Waals surface area contributed by atoms with Crippen LogP contribution in [0, 0.1) is 5.92 Å².